The minimum atomic E-state index is 0.501. The molecule has 5 heteroatoms. The maximum atomic E-state index is 5.70. The van der Waals surface area contributed by atoms with Crippen molar-refractivity contribution in [3.05, 3.63) is 64.0 Å². The molecule has 0 unspecified atom stereocenters. The van der Waals surface area contributed by atoms with Crippen molar-refractivity contribution in [2.24, 2.45) is 0 Å². The molecule has 0 bridgehead atoms. The minimum Gasteiger partial charge on any atom is -0.419 e. The fourth-order valence-corrected chi connectivity index (χ4v) is 2.61. The maximum absolute atomic E-state index is 5.70. The van der Waals surface area contributed by atoms with Crippen LogP contribution in [0.4, 0.5) is 5.69 Å². The van der Waals surface area contributed by atoms with Gasteiger partial charge >= 0.3 is 0 Å². The Labute approximate surface area is 137 Å². The van der Waals surface area contributed by atoms with E-state index in [-0.39, 0.29) is 0 Å². The van der Waals surface area contributed by atoms with Crippen LogP contribution in [0.1, 0.15) is 17.0 Å². The van der Waals surface area contributed by atoms with Crippen LogP contribution in [-0.4, -0.2) is 10.2 Å². The van der Waals surface area contributed by atoms with E-state index in [1.165, 1.54) is 5.56 Å². The molecule has 0 amide bonds. The molecule has 3 aromatic rings. The Bertz CT molecular complexity index is 781. The second-order valence-electron chi connectivity index (χ2n) is 5.18. The van der Waals surface area contributed by atoms with E-state index in [1.807, 2.05) is 43.3 Å². The first-order valence-corrected chi connectivity index (χ1v) is 7.80. The van der Waals surface area contributed by atoms with Gasteiger partial charge in [0, 0.05) is 15.7 Å². The van der Waals surface area contributed by atoms with Crippen molar-refractivity contribution >= 4 is 21.6 Å². The van der Waals surface area contributed by atoms with E-state index in [0.717, 1.165) is 21.3 Å². The third-order valence-corrected chi connectivity index (χ3v) is 3.88. The molecule has 0 atom stereocenters. The molecule has 0 aliphatic heterocycles. The summed E-state index contributed by atoms with van der Waals surface area (Å²) < 4.78 is 6.77. The monoisotopic (exact) mass is 357 g/mol. The second-order valence-corrected chi connectivity index (χ2v) is 6.10. The average Bonchev–Trinajstić information content (AvgIpc) is 2.96. The van der Waals surface area contributed by atoms with E-state index >= 15 is 0 Å². The van der Waals surface area contributed by atoms with Crippen LogP contribution in [0.5, 0.6) is 0 Å². The summed E-state index contributed by atoms with van der Waals surface area (Å²) in [6.45, 7) is 4.60. The third-order valence-electron chi connectivity index (χ3n) is 3.38. The topological polar surface area (TPSA) is 51.0 Å². The first-order chi connectivity index (χ1) is 10.6. The van der Waals surface area contributed by atoms with E-state index in [0.29, 0.717) is 18.3 Å². The number of nitrogens with one attached hydrogen (secondary N) is 1. The van der Waals surface area contributed by atoms with Gasteiger partial charge in [0.05, 0.1) is 6.54 Å². The molecule has 0 aliphatic rings. The van der Waals surface area contributed by atoms with E-state index in [4.69, 9.17) is 4.42 Å². The van der Waals surface area contributed by atoms with Crippen molar-refractivity contribution in [2.75, 3.05) is 5.32 Å². The van der Waals surface area contributed by atoms with Gasteiger partial charge in [-0.2, -0.15) is 0 Å². The molecule has 0 fully saturated rings. The molecule has 2 aromatic carbocycles. The molecule has 3 rings (SSSR count). The van der Waals surface area contributed by atoms with Gasteiger partial charge < -0.3 is 9.73 Å². The Hall–Kier alpha value is -2.14. The van der Waals surface area contributed by atoms with Gasteiger partial charge in [-0.3, -0.25) is 0 Å². The third kappa shape index (κ3) is 3.36. The van der Waals surface area contributed by atoms with Crippen LogP contribution >= 0.6 is 15.9 Å². The van der Waals surface area contributed by atoms with Crippen molar-refractivity contribution in [2.45, 2.75) is 20.4 Å². The van der Waals surface area contributed by atoms with Crippen LogP contribution < -0.4 is 5.32 Å². The highest BCUT2D eigenvalue weighted by atomic mass is 79.9. The summed E-state index contributed by atoms with van der Waals surface area (Å²) in [4.78, 5) is 0. The van der Waals surface area contributed by atoms with Gasteiger partial charge in [-0.1, -0.05) is 33.6 Å². The predicted octanol–water partition coefficient (Wildman–Crippen LogP) is 4.73. The summed E-state index contributed by atoms with van der Waals surface area (Å²) >= 11 is 3.46. The lowest BCUT2D eigenvalue weighted by Crippen LogP contribution is -2.01. The summed E-state index contributed by atoms with van der Waals surface area (Å²) in [6.07, 6.45) is 0. The second kappa shape index (κ2) is 6.32. The summed E-state index contributed by atoms with van der Waals surface area (Å²) in [7, 11) is 0. The summed E-state index contributed by atoms with van der Waals surface area (Å²) in [6, 6.07) is 14.1. The van der Waals surface area contributed by atoms with Crippen molar-refractivity contribution in [3.63, 3.8) is 0 Å². The molecule has 1 N–H and O–H groups in total. The molecular formula is C17H16BrN3O. The zero-order valence-corrected chi connectivity index (χ0v) is 14.0. The highest BCUT2D eigenvalue weighted by molar-refractivity contribution is 9.10. The molecule has 0 radical (unpaired) electrons. The first kappa shape index (κ1) is 14.8. The van der Waals surface area contributed by atoms with Crippen molar-refractivity contribution in [1.82, 2.24) is 10.2 Å². The smallest absolute Gasteiger partial charge is 0.247 e. The lowest BCUT2D eigenvalue weighted by atomic mass is 10.1. The summed E-state index contributed by atoms with van der Waals surface area (Å²) in [5.41, 5.74) is 4.35. The summed E-state index contributed by atoms with van der Waals surface area (Å²) in [5.74, 6) is 1.11. The van der Waals surface area contributed by atoms with E-state index in [1.54, 1.807) is 0 Å². The van der Waals surface area contributed by atoms with Gasteiger partial charge in [0.1, 0.15) is 0 Å². The fraction of sp³-hybridized carbons (Fsp3) is 0.176. The van der Waals surface area contributed by atoms with Gasteiger partial charge in [-0.15, -0.1) is 10.2 Å². The molecule has 0 saturated heterocycles. The molecule has 0 spiro atoms. The maximum Gasteiger partial charge on any atom is 0.247 e. The molecule has 112 valence electrons. The number of aromatic nitrogens is 2. The number of benzene rings is 2. The Morgan fingerprint density at radius 1 is 1.05 bits per heavy atom. The van der Waals surface area contributed by atoms with Crippen LogP contribution in [0.15, 0.2) is 51.4 Å². The lowest BCUT2D eigenvalue weighted by Gasteiger charge is -2.07. The number of hydrogen-bond donors (Lipinski definition) is 1. The summed E-state index contributed by atoms with van der Waals surface area (Å²) in [5, 5.41) is 11.5. The van der Waals surface area contributed by atoms with E-state index in [9.17, 15) is 0 Å². The number of rotatable bonds is 4. The van der Waals surface area contributed by atoms with Crippen molar-refractivity contribution < 1.29 is 4.42 Å². The molecular weight excluding hydrogens is 342 g/mol. The number of aryl methyl sites for hydroxylation is 2. The standard InChI is InChI=1S/C17H16BrN3O/c1-11-3-5-13(6-4-11)17-21-20-16(22-17)10-19-15-8-7-14(18)9-12(15)2/h3-9,19H,10H2,1-2H3. The van der Waals surface area contributed by atoms with Gasteiger partial charge in [0.2, 0.25) is 11.8 Å². The number of nitrogens with zero attached hydrogens (tertiary/aromatic N) is 2. The highest BCUT2D eigenvalue weighted by Crippen LogP contribution is 2.22. The molecule has 22 heavy (non-hydrogen) atoms. The fourth-order valence-electron chi connectivity index (χ4n) is 2.13. The molecule has 1 aromatic heterocycles. The van der Waals surface area contributed by atoms with Crippen LogP contribution in [0.25, 0.3) is 11.5 Å². The molecule has 0 aliphatic carbocycles. The number of halogens is 1. The van der Waals surface area contributed by atoms with Gasteiger partial charge in [-0.05, 0) is 49.7 Å². The molecule has 0 saturated carbocycles. The van der Waals surface area contributed by atoms with Gasteiger partial charge in [-0.25, -0.2) is 0 Å². The predicted molar refractivity (Wildman–Crippen MR) is 90.7 cm³/mol. The Balaban J connectivity index is 1.70. The first-order valence-electron chi connectivity index (χ1n) is 7.01. The van der Waals surface area contributed by atoms with Crippen LogP contribution in [-0.2, 0) is 6.54 Å². The zero-order valence-electron chi connectivity index (χ0n) is 12.4. The minimum absolute atomic E-state index is 0.501. The normalized spacial score (nSPS) is 10.7. The van der Waals surface area contributed by atoms with Crippen LogP contribution in [0.3, 0.4) is 0 Å². The average molecular weight is 358 g/mol. The quantitative estimate of drug-likeness (QED) is 0.733. The van der Waals surface area contributed by atoms with Gasteiger partial charge in [0.15, 0.2) is 0 Å². The van der Waals surface area contributed by atoms with Crippen LogP contribution in [0.2, 0.25) is 0 Å². The Morgan fingerprint density at radius 2 is 1.82 bits per heavy atom. The van der Waals surface area contributed by atoms with E-state index in [2.05, 4.69) is 44.4 Å². The molecule has 4 nitrogen and oxygen atoms in total. The number of hydrogen-bond acceptors (Lipinski definition) is 4. The Kier molecular flexibility index (Phi) is 4.24. The van der Waals surface area contributed by atoms with E-state index < -0.39 is 0 Å². The largest absolute Gasteiger partial charge is 0.419 e. The highest BCUT2D eigenvalue weighted by Gasteiger charge is 2.08. The molecule has 1 heterocycles. The van der Waals surface area contributed by atoms with Gasteiger partial charge in [0.25, 0.3) is 0 Å². The SMILES string of the molecule is Cc1ccc(-c2nnc(CNc3ccc(Br)cc3C)o2)cc1. The van der Waals surface area contributed by atoms with Crippen molar-refractivity contribution in [3.8, 4) is 11.5 Å². The van der Waals surface area contributed by atoms with Crippen molar-refractivity contribution in [1.29, 1.82) is 0 Å². The Morgan fingerprint density at radius 3 is 2.55 bits per heavy atom. The lowest BCUT2D eigenvalue weighted by molar-refractivity contribution is 0.515. The zero-order chi connectivity index (χ0) is 15.5. The van der Waals surface area contributed by atoms with Crippen LogP contribution in [0, 0.1) is 13.8 Å². The number of anilines is 1.